The van der Waals surface area contributed by atoms with Gasteiger partial charge in [-0.15, -0.1) is 0 Å². The minimum absolute atomic E-state index is 0.0322. The van der Waals surface area contributed by atoms with Crippen LogP contribution in [0.25, 0.3) is 0 Å². The lowest BCUT2D eigenvalue weighted by molar-refractivity contribution is -0.141. The zero-order valence-electron chi connectivity index (χ0n) is 22.3. The minimum Gasteiger partial charge on any atom is -0.352 e. The Bertz CT molecular complexity index is 1240. The van der Waals surface area contributed by atoms with Gasteiger partial charge in [-0.2, -0.15) is 0 Å². The van der Waals surface area contributed by atoms with Crippen molar-refractivity contribution in [1.29, 1.82) is 0 Å². The molecule has 0 unspecified atom stereocenters. The van der Waals surface area contributed by atoms with E-state index in [4.69, 9.17) is 34.8 Å². The van der Waals surface area contributed by atoms with Crippen LogP contribution in [0.15, 0.2) is 42.5 Å². The fraction of sp³-hybridized carbons (Fsp3) is 0.500. The van der Waals surface area contributed by atoms with Crippen molar-refractivity contribution in [2.45, 2.75) is 76.9 Å². The van der Waals surface area contributed by atoms with Crippen LogP contribution in [-0.2, 0) is 26.2 Å². The Kier molecular flexibility index (Phi) is 11.8. The zero-order valence-corrected chi connectivity index (χ0v) is 25.4. The first kappa shape index (κ1) is 31.5. The van der Waals surface area contributed by atoms with Gasteiger partial charge in [0.15, 0.2) is 0 Å². The zero-order chi connectivity index (χ0) is 28.6. The van der Waals surface area contributed by atoms with Gasteiger partial charge in [0.2, 0.25) is 21.8 Å². The predicted molar refractivity (Wildman–Crippen MR) is 159 cm³/mol. The second-order valence-electron chi connectivity index (χ2n) is 9.95. The molecule has 0 aliphatic heterocycles. The van der Waals surface area contributed by atoms with Gasteiger partial charge >= 0.3 is 0 Å². The Morgan fingerprint density at radius 3 is 2.26 bits per heavy atom. The predicted octanol–water partition coefficient (Wildman–Crippen LogP) is 6.45. The fourth-order valence-electron chi connectivity index (χ4n) is 4.91. The van der Waals surface area contributed by atoms with Gasteiger partial charge in [-0.05, 0) is 61.6 Å². The molecule has 1 atom stereocenters. The maximum absolute atomic E-state index is 13.6. The lowest BCUT2D eigenvalue weighted by Gasteiger charge is -2.33. The van der Waals surface area contributed by atoms with Gasteiger partial charge in [0.05, 0.1) is 17.0 Å². The van der Waals surface area contributed by atoms with Gasteiger partial charge in [0.25, 0.3) is 0 Å². The van der Waals surface area contributed by atoms with Crippen molar-refractivity contribution in [3.8, 4) is 0 Å². The number of carbonyl (C=O) groups excluding carboxylic acids is 2. The highest BCUT2D eigenvalue weighted by Gasteiger charge is 2.30. The lowest BCUT2D eigenvalue weighted by atomic mass is 9.95. The Morgan fingerprint density at radius 1 is 1.00 bits per heavy atom. The number of amides is 2. The number of halogens is 3. The number of sulfonamides is 1. The van der Waals surface area contributed by atoms with Crippen molar-refractivity contribution in [2.75, 3.05) is 17.1 Å². The molecule has 11 heteroatoms. The summed E-state index contributed by atoms with van der Waals surface area (Å²) in [6.45, 7) is 2.16. The third-order valence-corrected chi connectivity index (χ3v) is 8.92. The van der Waals surface area contributed by atoms with E-state index in [0.29, 0.717) is 16.5 Å². The van der Waals surface area contributed by atoms with Crippen LogP contribution in [0.2, 0.25) is 15.1 Å². The van der Waals surface area contributed by atoms with Crippen LogP contribution in [0.4, 0.5) is 5.69 Å². The fourth-order valence-corrected chi connectivity index (χ4v) is 6.44. The van der Waals surface area contributed by atoms with Crippen molar-refractivity contribution in [2.24, 2.45) is 0 Å². The molecule has 0 heterocycles. The number of benzene rings is 2. The standard InChI is InChI=1S/C28H36Cl3N3O4S/c1-3-25(28(36)32-23-8-5-4-6-9-23)33(19-20-11-13-21(29)14-12-20)27(35)10-7-17-34(39(2,37)38)26-18-22(30)15-16-24(26)31/h11-16,18,23,25H,3-10,17,19H2,1-2H3,(H,32,36)/t25-/m1/s1. The van der Waals surface area contributed by atoms with E-state index in [1.807, 2.05) is 19.1 Å². The van der Waals surface area contributed by atoms with Crippen molar-refractivity contribution >= 4 is 62.3 Å². The maximum atomic E-state index is 13.6. The summed E-state index contributed by atoms with van der Waals surface area (Å²) in [5.74, 6) is -0.392. The number of hydrogen-bond donors (Lipinski definition) is 1. The summed E-state index contributed by atoms with van der Waals surface area (Å²) in [7, 11) is -3.69. The number of nitrogens with one attached hydrogen (secondary N) is 1. The maximum Gasteiger partial charge on any atom is 0.243 e. The van der Waals surface area contributed by atoms with E-state index < -0.39 is 16.1 Å². The summed E-state index contributed by atoms with van der Waals surface area (Å²) in [4.78, 5) is 28.6. The first-order valence-electron chi connectivity index (χ1n) is 13.3. The smallest absolute Gasteiger partial charge is 0.243 e. The van der Waals surface area contributed by atoms with Gasteiger partial charge in [-0.3, -0.25) is 13.9 Å². The molecule has 1 aliphatic carbocycles. The molecule has 214 valence electrons. The van der Waals surface area contributed by atoms with Crippen LogP contribution < -0.4 is 9.62 Å². The highest BCUT2D eigenvalue weighted by atomic mass is 35.5. The molecule has 0 spiro atoms. The van der Waals surface area contributed by atoms with Gasteiger partial charge in [-0.1, -0.05) is 73.1 Å². The van der Waals surface area contributed by atoms with Gasteiger partial charge < -0.3 is 10.2 Å². The molecule has 0 aromatic heterocycles. The Morgan fingerprint density at radius 2 is 1.64 bits per heavy atom. The van der Waals surface area contributed by atoms with E-state index in [0.717, 1.165) is 41.8 Å². The molecule has 1 fully saturated rings. The number of rotatable bonds is 12. The Labute approximate surface area is 246 Å². The van der Waals surface area contributed by atoms with E-state index in [-0.39, 0.29) is 54.5 Å². The molecule has 2 aromatic rings. The summed E-state index contributed by atoms with van der Waals surface area (Å²) in [5, 5.41) is 4.33. The normalized spacial score (nSPS) is 15.0. The van der Waals surface area contributed by atoms with Crippen molar-refractivity contribution < 1.29 is 18.0 Å². The lowest BCUT2D eigenvalue weighted by Crippen LogP contribution is -2.51. The first-order chi connectivity index (χ1) is 18.5. The molecule has 2 amide bonds. The largest absolute Gasteiger partial charge is 0.352 e. The van der Waals surface area contributed by atoms with E-state index >= 15 is 0 Å². The van der Waals surface area contributed by atoms with E-state index in [1.165, 1.54) is 18.6 Å². The van der Waals surface area contributed by atoms with E-state index in [2.05, 4.69) is 5.32 Å². The van der Waals surface area contributed by atoms with Crippen LogP contribution in [0.1, 0.15) is 63.9 Å². The molecule has 1 N–H and O–H groups in total. The van der Waals surface area contributed by atoms with Crippen LogP contribution >= 0.6 is 34.8 Å². The van der Waals surface area contributed by atoms with Crippen molar-refractivity contribution in [3.05, 3.63) is 63.1 Å². The summed E-state index contributed by atoms with van der Waals surface area (Å²) in [6, 6.07) is 11.2. The highest BCUT2D eigenvalue weighted by molar-refractivity contribution is 7.92. The van der Waals surface area contributed by atoms with Crippen molar-refractivity contribution in [1.82, 2.24) is 10.2 Å². The molecule has 2 aromatic carbocycles. The van der Waals surface area contributed by atoms with Crippen LogP contribution in [0.3, 0.4) is 0 Å². The molecule has 0 radical (unpaired) electrons. The molecule has 0 saturated heterocycles. The molecule has 3 rings (SSSR count). The van der Waals surface area contributed by atoms with E-state index in [9.17, 15) is 18.0 Å². The summed E-state index contributed by atoms with van der Waals surface area (Å²) in [5.41, 5.74) is 1.11. The number of carbonyl (C=O) groups is 2. The van der Waals surface area contributed by atoms with Crippen LogP contribution in [0, 0.1) is 0 Å². The molecule has 39 heavy (non-hydrogen) atoms. The average molecular weight is 617 g/mol. The molecule has 7 nitrogen and oxygen atoms in total. The SMILES string of the molecule is CC[C@H](C(=O)NC1CCCCC1)N(Cc1ccc(Cl)cc1)C(=O)CCCN(c1cc(Cl)ccc1Cl)S(C)(=O)=O. The molecular weight excluding hydrogens is 581 g/mol. The Hall–Kier alpha value is -2.00. The summed E-state index contributed by atoms with van der Waals surface area (Å²) in [6.07, 6.45) is 7.05. The number of hydrogen-bond acceptors (Lipinski definition) is 4. The van der Waals surface area contributed by atoms with Crippen LogP contribution in [0.5, 0.6) is 0 Å². The van der Waals surface area contributed by atoms with E-state index in [1.54, 1.807) is 23.1 Å². The van der Waals surface area contributed by atoms with Crippen LogP contribution in [-0.4, -0.2) is 50.0 Å². The highest BCUT2D eigenvalue weighted by Crippen LogP contribution is 2.31. The molecule has 0 bridgehead atoms. The monoisotopic (exact) mass is 615 g/mol. The van der Waals surface area contributed by atoms with Gasteiger partial charge in [0, 0.05) is 35.6 Å². The summed E-state index contributed by atoms with van der Waals surface area (Å²) >= 11 is 18.4. The third-order valence-electron chi connectivity index (χ3n) is 6.93. The van der Waals surface area contributed by atoms with Gasteiger partial charge in [-0.25, -0.2) is 8.42 Å². The number of anilines is 1. The van der Waals surface area contributed by atoms with Crippen molar-refractivity contribution in [3.63, 3.8) is 0 Å². The molecule has 1 aliphatic rings. The van der Waals surface area contributed by atoms with Gasteiger partial charge in [0.1, 0.15) is 6.04 Å². The second kappa shape index (κ2) is 14.6. The quantitative estimate of drug-likeness (QED) is 0.297. The second-order valence-corrected chi connectivity index (χ2v) is 13.1. The topological polar surface area (TPSA) is 86.8 Å². The molecular formula is C28H36Cl3N3O4S. The molecule has 1 saturated carbocycles. The summed E-state index contributed by atoms with van der Waals surface area (Å²) < 4.78 is 26.3. The first-order valence-corrected chi connectivity index (χ1v) is 16.2. The Balaban J connectivity index is 1.77. The average Bonchev–Trinajstić information content (AvgIpc) is 2.89. The minimum atomic E-state index is -3.69. The third kappa shape index (κ3) is 9.27. The number of nitrogens with zero attached hydrogens (tertiary/aromatic N) is 2.